The molecule has 1 unspecified atom stereocenters. The Morgan fingerprint density at radius 1 is 1.53 bits per heavy atom. The molecule has 1 amide bonds. The van der Waals surface area contributed by atoms with Crippen LogP contribution in [0.1, 0.15) is 24.8 Å². The van der Waals surface area contributed by atoms with Crippen molar-refractivity contribution in [2.24, 2.45) is 0 Å². The molecule has 3 heteroatoms. The standard InChI is InChI=1S/C12H15NOS/c1-3-4-5-8-12(14)13-10(2)11-7-6-9-15-11/h3-10H,1-2H3,(H,13,14). The molecule has 0 aliphatic carbocycles. The second kappa shape index (κ2) is 6.19. The summed E-state index contributed by atoms with van der Waals surface area (Å²) in [5.41, 5.74) is 0. The first kappa shape index (κ1) is 11.7. The summed E-state index contributed by atoms with van der Waals surface area (Å²) in [4.78, 5) is 12.6. The lowest BCUT2D eigenvalue weighted by molar-refractivity contribution is -0.117. The SMILES string of the molecule is CC=CC=CC(=O)NC(C)c1cccs1. The van der Waals surface area contributed by atoms with E-state index in [9.17, 15) is 4.79 Å². The lowest BCUT2D eigenvalue weighted by atomic mass is 10.2. The third kappa shape index (κ3) is 4.13. The molecule has 1 atom stereocenters. The molecule has 0 saturated carbocycles. The highest BCUT2D eigenvalue weighted by atomic mass is 32.1. The van der Waals surface area contributed by atoms with Crippen LogP contribution in [0.25, 0.3) is 0 Å². The molecule has 1 rings (SSSR count). The average Bonchev–Trinajstić information content (AvgIpc) is 2.70. The van der Waals surface area contributed by atoms with Gasteiger partial charge in [-0.15, -0.1) is 11.3 Å². The molecule has 0 radical (unpaired) electrons. The van der Waals surface area contributed by atoms with E-state index in [4.69, 9.17) is 0 Å². The third-order valence-electron chi connectivity index (χ3n) is 1.88. The zero-order valence-electron chi connectivity index (χ0n) is 8.94. The Kier molecular flexibility index (Phi) is 4.84. The molecule has 1 aromatic heterocycles. The number of nitrogens with one attached hydrogen (secondary N) is 1. The molecule has 0 aliphatic rings. The molecular formula is C12H15NOS. The lowest BCUT2D eigenvalue weighted by Gasteiger charge is -2.09. The van der Waals surface area contributed by atoms with E-state index in [2.05, 4.69) is 5.32 Å². The van der Waals surface area contributed by atoms with E-state index in [-0.39, 0.29) is 11.9 Å². The van der Waals surface area contributed by atoms with E-state index in [0.29, 0.717) is 0 Å². The van der Waals surface area contributed by atoms with Gasteiger partial charge in [0.1, 0.15) is 0 Å². The van der Waals surface area contributed by atoms with Crippen molar-refractivity contribution < 1.29 is 4.79 Å². The van der Waals surface area contributed by atoms with Crippen molar-refractivity contribution in [2.75, 3.05) is 0 Å². The number of carbonyl (C=O) groups is 1. The van der Waals surface area contributed by atoms with Crippen molar-refractivity contribution in [1.29, 1.82) is 0 Å². The number of hydrogen-bond acceptors (Lipinski definition) is 2. The minimum atomic E-state index is -0.0611. The molecule has 0 spiro atoms. The van der Waals surface area contributed by atoms with Gasteiger partial charge in [-0.05, 0) is 25.3 Å². The third-order valence-corrected chi connectivity index (χ3v) is 2.93. The first-order valence-electron chi connectivity index (χ1n) is 4.87. The van der Waals surface area contributed by atoms with Crippen LogP contribution in [0, 0.1) is 0 Å². The molecule has 0 aliphatic heterocycles. The molecule has 0 aromatic carbocycles. The maximum atomic E-state index is 11.4. The summed E-state index contributed by atoms with van der Waals surface area (Å²) in [6.45, 7) is 3.89. The molecule has 1 N–H and O–H groups in total. The monoisotopic (exact) mass is 221 g/mol. The minimum Gasteiger partial charge on any atom is -0.345 e. The Bertz CT molecular complexity index is 352. The Labute approximate surface area is 94.3 Å². The van der Waals surface area contributed by atoms with E-state index < -0.39 is 0 Å². The molecule has 0 bridgehead atoms. The van der Waals surface area contributed by atoms with E-state index in [1.807, 2.05) is 43.5 Å². The van der Waals surface area contributed by atoms with Crippen LogP contribution in [-0.2, 0) is 4.79 Å². The van der Waals surface area contributed by atoms with Crippen molar-refractivity contribution in [2.45, 2.75) is 19.9 Å². The molecule has 1 heterocycles. The van der Waals surface area contributed by atoms with Gasteiger partial charge in [0, 0.05) is 11.0 Å². The van der Waals surface area contributed by atoms with Crippen molar-refractivity contribution in [3.63, 3.8) is 0 Å². The summed E-state index contributed by atoms with van der Waals surface area (Å²) >= 11 is 1.65. The van der Waals surface area contributed by atoms with E-state index in [1.54, 1.807) is 17.4 Å². The van der Waals surface area contributed by atoms with Crippen molar-refractivity contribution in [3.8, 4) is 0 Å². The predicted molar refractivity (Wildman–Crippen MR) is 64.8 cm³/mol. The Balaban J connectivity index is 2.45. The zero-order valence-corrected chi connectivity index (χ0v) is 9.75. The quantitative estimate of drug-likeness (QED) is 0.614. The van der Waals surface area contributed by atoms with Gasteiger partial charge in [-0.25, -0.2) is 0 Å². The van der Waals surface area contributed by atoms with Crippen LogP contribution in [0.5, 0.6) is 0 Å². The fourth-order valence-electron chi connectivity index (χ4n) is 1.12. The van der Waals surface area contributed by atoms with E-state index >= 15 is 0 Å². The fraction of sp³-hybridized carbons (Fsp3) is 0.250. The molecule has 2 nitrogen and oxygen atoms in total. The molecule has 0 saturated heterocycles. The predicted octanol–water partition coefficient (Wildman–Crippen LogP) is 3.06. The van der Waals surface area contributed by atoms with Gasteiger partial charge in [0.05, 0.1) is 6.04 Å². The van der Waals surface area contributed by atoms with Crippen LogP contribution in [0.3, 0.4) is 0 Å². The summed E-state index contributed by atoms with van der Waals surface area (Å²) in [6.07, 6.45) is 6.97. The molecule has 15 heavy (non-hydrogen) atoms. The van der Waals surface area contributed by atoms with E-state index in [1.165, 1.54) is 11.0 Å². The lowest BCUT2D eigenvalue weighted by Crippen LogP contribution is -2.23. The summed E-state index contributed by atoms with van der Waals surface area (Å²) in [6, 6.07) is 4.08. The van der Waals surface area contributed by atoms with Crippen molar-refractivity contribution >= 4 is 17.2 Å². The van der Waals surface area contributed by atoms with Gasteiger partial charge in [0.15, 0.2) is 0 Å². The first-order chi connectivity index (χ1) is 7.24. The molecule has 0 fully saturated rings. The number of hydrogen-bond donors (Lipinski definition) is 1. The van der Waals surface area contributed by atoms with Crippen molar-refractivity contribution in [1.82, 2.24) is 5.32 Å². The number of allylic oxidation sites excluding steroid dienone is 3. The number of thiophene rings is 1. The highest BCUT2D eigenvalue weighted by molar-refractivity contribution is 7.10. The molecule has 80 valence electrons. The zero-order chi connectivity index (χ0) is 11.1. The van der Waals surface area contributed by atoms with Crippen LogP contribution >= 0.6 is 11.3 Å². The van der Waals surface area contributed by atoms with Gasteiger partial charge in [0.2, 0.25) is 5.91 Å². The second-order valence-corrected chi connectivity index (χ2v) is 4.11. The van der Waals surface area contributed by atoms with Gasteiger partial charge >= 0.3 is 0 Å². The van der Waals surface area contributed by atoms with Crippen LogP contribution in [0.4, 0.5) is 0 Å². The summed E-state index contributed by atoms with van der Waals surface area (Å²) in [7, 11) is 0. The van der Waals surface area contributed by atoms with Crippen LogP contribution < -0.4 is 5.32 Å². The number of amides is 1. The second-order valence-electron chi connectivity index (χ2n) is 3.13. The maximum Gasteiger partial charge on any atom is 0.244 e. The van der Waals surface area contributed by atoms with Crippen LogP contribution in [-0.4, -0.2) is 5.91 Å². The normalized spacial score (nSPS) is 13.5. The van der Waals surface area contributed by atoms with Gasteiger partial charge in [0.25, 0.3) is 0 Å². The summed E-state index contributed by atoms with van der Waals surface area (Å²) in [5.74, 6) is -0.0611. The minimum absolute atomic E-state index is 0.0611. The average molecular weight is 221 g/mol. The highest BCUT2D eigenvalue weighted by Crippen LogP contribution is 2.17. The Morgan fingerprint density at radius 2 is 2.33 bits per heavy atom. The Morgan fingerprint density at radius 3 is 2.93 bits per heavy atom. The van der Waals surface area contributed by atoms with Gasteiger partial charge in [-0.3, -0.25) is 4.79 Å². The number of rotatable bonds is 4. The van der Waals surface area contributed by atoms with Gasteiger partial charge in [-0.2, -0.15) is 0 Å². The van der Waals surface area contributed by atoms with Crippen molar-refractivity contribution in [3.05, 3.63) is 46.7 Å². The topological polar surface area (TPSA) is 29.1 Å². The highest BCUT2D eigenvalue weighted by Gasteiger charge is 2.07. The molecule has 1 aromatic rings. The smallest absolute Gasteiger partial charge is 0.244 e. The van der Waals surface area contributed by atoms with E-state index in [0.717, 1.165) is 0 Å². The van der Waals surface area contributed by atoms with Gasteiger partial charge in [-0.1, -0.05) is 24.3 Å². The molecular weight excluding hydrogens is 206 g/mol. The fourth-order valence-corrected chi connectivity index (χ4v) is 1.86. The summed E-state index contributed by atoms with van der Waals surface area (Å²) < 4.78 is 0. The first-order valence-corrected chi connectivity index (χ1v) is 5.75. The maximum absolute atomic E-state index is 11.4. The largest absolute Gasteiger partial charge is 0.345 e. The van der Waals surface area contributed by atoms with Crippen LogP contribution in [0.15, 0.2) is 41.8 Å². The Hall–Kier alpha value is -1.35. The van der Waals surface area contributed by atoms with Crippen LogP contribution in [0.2, 0.25) is 0 Å². The number of carbonyl (C=O) groups excluding carboxylic acids is 1. The summed E-state index contributed by atoms with van der Waals surface area (Å²) in [5, 5.41) is 4.90. The van der Waals surface area contributed by atoms with Gasteiger partial charge < -0.3 is 5.32 Å².